The molecule has 0 atom stereocenters. The second-order valence-corrected chi connectivity index (χ2v) is 3.93. The maximum atomic E-state index is 8.89. The van der Waals surface area contributed by atoms with E-state index in [1.165, 1.54) is 5.56 Å². The molecule has 1 aromatic heterocycles. The van der Waals surface area contributed by atoms with Gasteiger partial charge in [0.05, 0.1) is 0 Å². The van der Waals surface area contributed by atoms with Crippen molar-refractivity contribution in [2.24, 2.45) is 0 Å². The summed E-state index contributed by atoms with van der Waals surface area (Å²) in [4.78, 5) is 0. The molecule has 2 nitrogen and oxygen atoms in total. The first-order valence-corrected chi connectivity index (χ1v) is 4.68. The monoisotopic (exact) mass is 176 g/mol. The molecule has 0 aliphatic heterocycles. The van der Waals surface area contributed by atoms with E-state index in [4.69, 9.17) is 5.26 Å². The van der Waals surface area contributed by atoms with Crippen LogP contribution in [0.3, 0.4) is 0 Å². The average molecular weight is 176 g/mol. The molecule has 1 rings (SSSR count). The largest absolute Gasteiger partial charge is 0.337 e. The molecule has 0 saturated carbocycles. The fourth-order valence-corrected chi connectivity index (χ4v) is 1.33. The second kappa shape index (κ2) is 3.66. The minimum atomic E-state index is 0.363. The van der Waals surface area contributed by atoms with Gasteiger partial charge in [0.15, 0.2) is 0 Å². The van der Waals surface area contributed by atoms with E-state index >= 15 is 0 Å². The summed E-state index contributed by atoms with van der Waals surface area (Å²) in [5.74, 6) is 0.493. The molecule has 0 N–H and O–H groups in total. The summed E-state index contributed by atoms with van der Waals surface area (Å²) in [7, 11) is 0. The highest BCUT2D eigenvalue weighted by atomic mass is 15.0. The van der Waals surface area contributed by atoms with Gasteiger partial charge >= 0.3 is 0 Å². The van der Waals surface area contributed by atoms with Gasteiger partial charge in [0.25, 0.3) is 0 Å². The summed E-state index contributed by atoms with van der Waals surface area (Å²) in [5.41, 5.74) is 2.00. The van der Waals surface area contributed by atoms with Crippen LogP contribution in [0.1, 0.15) is 50.9 Å². The highest BCUT2D eigenvalue weighted by molar-refractivity contribution is 5.30. The van der Waals surface area contributed by atoms with Crippen LogP contribution >= 0.6 is 0 Å². The Kier molecular flexibility index (Phi) is 2.77. The Labute approximate surface area is 79.8 Å². The summed E-state index contributed by atoms with van der Waals surface area (Å²) < 4.78 is 2.02. The van der Waals surface area contributed by atoms with Crippen molar-refractivity contribution in [2.75, 3.05) is 0 Å². The third-order valence-electron chi connectivity index (χ3n) is 2.21. The summed E-state index contributed by atoms with van der Waals surface area (Å²) in [6, 6.07) is 4.56. The first-order chi connectivity index (χ1) is 6.06. The molecule has 0 aliphatic rings. The molecule has 0 saturated heterocycles. The Hall–Kier alpha value is -1.23. The molecule has 1 aromatic rings. The van der Waals surface area contributed by atoms with E-state index in [-0.39, 0.29) is 0 Å². The van der Waals surface area contributed by atoms with Crippen LogP contribution in [0.15, 0.2) is 12.3 Å². The first kappa shape index (κ1) is 9.85. The minimum Gasteiger partial charge on any atom is -0.337 e. The molecule has 0 amide bonds. The Balaban J connectivity index is 3.14. The van der Waals surface area contributed by atoms with E-state index < -0.39 is 0 Å². The molecule has 0 aromatic carbocycles. The molecule has 70 valence electrons. The van der Waals surface area contributed by atoms with Gasteiger partial charge in [-0.1, -0.05) is 13.8 Å². The number of rotatable bonds is 2. The molecular weight excluding hydrogens is 160 g/mol. The lowest BCUT2D eigenvalue weighted by molar-refractivity contribution is 0.595. The third-order valence-corrected chi connectivity index (χ3v) is 2.21. The van der Waals surface area contributed by atoms with E-state index in [1.54, 1.807) is 0 Å². The number of nitrogens with zero attached hydrogens (tertiary/aromatic N) is 2. The zero-order valence-corrected chi connectivity index (χ0v) is 8.70. The molecule has 0 fully saturated rings. The number of hydrogen-bond acceptors (Lipinski definition) is 1. The van der Waals surface area contributed by atoms with E-state index in [0.717, 1.165) is 5.69 Å². The van der Waals surface area contributed by atoms with Crippen LogP contribution in [0, 0.1) is 11.3 Å². The van der Waals surface area contributed by atoms with Crippen LogP contribution in [0.2, 0.25) is 0 Å². The molecule has 0 spiro atoms. The van der Waals surface area contributed by atoms with Crippen molar-refractivity contribution in [1.29, 1.82) is 5.26 Å². The van der Waals surface area contributed by atoms with Crippen LogP contribution in [0.5, 0.6) is 0 Å². The fraction of sp³-hybridized carbons (Fsp3) is 0.545. The third kappa shape index (κ3) is 1.92. The van der Waals surface area contributed by atoms with Crippen LogP contribution in [-0.2, 0) is 0 Å². The SMILES string of the molecule is CC(C)c1cc(C#N)n(C(C)C)c1. The zero-order valence-electron chi connectivity index (χ0n) is 8.70. The lowest BCUT2D eigenvalue weighted by Gasteiger charge is -2.07. The average Bonchev–Trinajstić information content (AvgIpc) is 2.47. The smallest absolute Gasteiger partial charge is 0.120 e. The van der Waals surface area contributed by atoms with Crippen LogP contribution in [0.4, 0.5) is 0 Å². The Bertz CT molecular complexity index is 326. The van der Waals surface area contributed by atoms with Gasteiger partial charge in [0, 0.05) is 12.2 Å². The molecule has 1 heterocycles. The fourth-order valence-electron chi connectivity index (χ4n) is 1.33. The van der Waals surface area contributed by atoms with Crippen molar-refractivity contribution >= 4 is 0 Å². The predicted molar refractivity (Wildman–Crippen MR) is 53.6 cm³/mol. The molecule has 13 heavy (non-hydrogen) atoms. The topological polar surface area (TPSA) is 28.7 Å². The first-order valence-electron chi connectivity index (χ1n) is 4.68. The summed E-state index contributed by atoms with van der Waals surface area (Å²) in [5, 5.41) is 8.89. The molecule has 0 radical (unpaired) electrons. The number of nitriles is 1. The van der Waals surface area contributed by atoms with Crippen molar-refractivity contribution in [2.45, 2.75) is 39.7 Å². The maximum absolute atomic E-state index is 8.89. The van der Waals surface area contributed by atoms with Gasteiger partial charge in [-0.2, -0.15) is 5.26 Å². The van der Waals surface area contributed by atoms with Crippen LogP contribution in [-0.4, -0.2) is 4.57 Å². The highest BCUT2D eigenvalue weighted by Crippen LogP contribution is 2.20. The van der Waals surface area contributed by atoms with E-state index in [1.807, 2.05) is 10.6 Å². The van der Waals surface area contributed by atoms with Crippen LogP contribution < -0.4 is 0 Å². The van der Waals surface area contributed by atoms with Gasteiger partial charge in [-0.05, 0) is 31.4 Å². The van der Waals surface area contributed by atoms with Gasteiger partial charge in [0.1, 0.15) is 11.8 Å². The Morgan fingerprint density at radius 1 is 1.31 bits per heavy atom. The van der Waals surface area contributed by atoms with Crippen molar-refractivity contribution < 1.29 is 0 Å². The molecule has 0 aliphatic carbocycles. The lowest BCUT2D eigenvalue weighted by Crippen LogP contribution is -2.00. The highest BCUT2D eigenvalue weighted by Gasteiger charge is 2.09. The standard InChI is InChI=1S/C11H16N2/c1-8(2)10-5-11(6-12)13(7-10)9(3)4/h5,7-9H,1-4H3. The quantitative estimate of drug-likeness (QED) is 0.680. The van der Waals surface area contributed by atoms with Crippen molar-refractivity contribution in [3.63, 3.8) is 0 Å². The maximum Gasteiger partial charge on any atom is 0.120 e. The summed E-state index contributed by atoms with van der Waals surface area (Å²) in [6.45, 7) is 8.46. The molecule has 0 bridgehead atoms. The number of hydrogen-bond donors (Lipinski definition) is 0. The lowest BCUT2D eigenvalue weighted by atomic mass is 10.1. The van der Waals surface area contributed by atoms with Crippen molar-refractivity contribution in [3.05, 3.63) is 23.5 Å². The molecule has 2 heteroatoms. The minimum absolute atomic E-state index is 0.363. The predicted octanol–water partition coefficient (Wildman–Crippen LogP) is 3.06. The van der Waals surface area contributed by atoms with Crippen molar-refractivity contribution in [3.8, 4) is 6.07 Å². The van der Waals surface area contributed by atoms with E-state index in [2.05, 4.69) is 40.0 Å². The Morgan fingerprint density at radius 2 is 1.92 bits per heavy atom. The van der Waals surface area contributed by atoms with Gasteiger partial charge in [0.2, 0.25) is 0 Å². The zero-order chi connectivity index (χ0) is 10.0. The van der Waals surface area contributed by atoms with Crippen LogP contribution in [0.25, 0.3) is 0 Å². The summed E-state index contributed by atoms with van der Waals surface area (Å²) >= 11 is 0. The number of aromatic nitrogens is 1. The summed E-state index contributed by atoms with van der Waals surface area (Å²) in [6.07, 6.45) is 2.08. The van der Waals surface area contributed by atoms with E-state index in [9.17, 15) is 0 Å². The van der Waals surface area contributed by atoms with Crippen molar-refractivity contribution in [1.82, 2.24) is 4.57 Å². The molecule has 0 unspecified atom stereocenters. The van der Waals surface area contributed by atoms with Gasteiger partial charge in [-0.25, -0.2) is 0 Å². The van der Waals surface area contributed by atoms with E-state index in [0.29, 0.717) is 12.0 Å². The van der Waals surface area contributed by atoms with Gasteiger partial charge in [-0.15, -0.1) is 0 Å². The molecular formula is C11H16N2. The second-order valence-electron chi connectivity index (χ2n) is 3.93. The van der Waals surface area contributed by atoms with Gasteiger partial charge in [-0.3, -0.25) is 0 Å². The normalized spacial score (nSPS) is 10.8. The Morgan fingerprint density at radius 3 is 2.23 bits per heavy atom. The van der Waals surface area contributed by atoms with Gasteiger partial charge < -0.3 is 4.57 Å².